The topological polar surface area (TPSA) is 149 Å². The zero-order valence-corrected chi connectivity index (χ0v) is 22.0. The summed E-state index contributed by atoms with van der Waals surface area (Å²) in [6.07, 6.45) is 1.67. The number of hydrogen-bond donors (Lipinski definition) is 2. The molecule has 4 rings (SSSR count). The largest absolute Gasteiger partial charge is 0.481 e. The molecular weight excluding hydrogens is 499 g/mol. The lowest BCUT2D eigenvalue weighted by Gasteiger charge is -2.28. The number of likely N-dealkylation sites (N-methyl/N-ethyl adjacent to an activating group) is 1. The number of hydrogen-bond acceptors (Lipinski definition) is 9. The fraction of sp³-hybridized carbons (Fsp3) is 0.560. The Morgan fingerprint density at radius 3 is 2.63 bits per heavy atom. The van der Waals surface area contributed by atoms with Gasteiger partial charge in [0.1, 0.15) is 24.9 Å². The van der Waals surface area contributed by atoms with Crippen LogP contribution in [-0.4, -0.2) is 97.3 Å². The van der Waals surface area contributed by atoms with Crippen molar-refractivity contribution in [1.82, 2.24) is 9.55 Å². The quantitative estimate of drug-likeness (QED) is 0.259. The summed E-state index contributed by atoms with van der Waals surface area (Å²) in [5.41, 5.74) is 5.80. The Balaban J connectivity index is 1.73. The zero-order valence-electron chi connectivity index (χ0n) is 22.0. The number of fused-ring (bicyclic) bond motifs is 1. The summed E-state index contributed by atoms with van der Waals surface area (Å²) in [7, 11) is 6.95. The highest BCUT2D eigenvalue weighted by Gasteiger charge is 2.34. The lowest BCUT2D eigenvalue weighted by Crippen LogP contribution is -2.44. The molecule has 38 heavy (non-hydrogen) atoms. The number of anilines is 1. The molecular formula is C25H34FN6O6+. The Morgan fingerprint density at radius 1 is 1.34 bits per heavy atom. The highest BCUT2D eigenvalue weighted by molar-refractivity contribution is 5.95. The van der Waals surface area contributed by atoms with Crippen LogP contribution < -0.4 is 16.1 Å². The molecule has 1 saturated heterocycles. The summed E-state index contributed by atoms with van der Waals surface area (Å²) in [5.74, 6) is -2.85. The van der Waals surface area contributed by atoms with Crippen molar-refractivity contribution in [3.63, 3.8) is 0 Å². The van der Waals surface area contributed by atoms with Gasteiger partial charge in [-0.15, -0.1) is 0 Å². The average Bonchev–Trinajstić information content (AvgIpc) is 3.58. The summed E-state index contributed by atoms with van der Waals surface area (Å²) in [4.78, 5) is 49.0. The maximum Gasteiger partial charge on any atom is 0.344 e. The number of quaternary nitrogens is 1. The van der Waals surface area contributed by atoms with Crippen LogP contribution in [0, 0.1) is 11.7 Å². The van der Waals surface area contributed by atoms with Crippen molar-refractivity contribution in [2.45, 2.75) is 31.4 Å². The van der Waals surface area contributed by atoms with Crippen molar-refractivity contribution >= 4 is 34.5 Å². The second kappa shape index (κ2) is 10.7. The lowest BCUT2D eigenvalue weighted by molar-refractivity contribution is -0.873. The van der Waals surface area contributed by atoms with Gasteiger partial charge in [-0.05, 0) is 18.9 Å². The number of carbonyl (C=O) groups is 2. The number of carbonyl (C=O) groups excluding carboxylic acids is 1. The van der Waals surface area contributed by atoms with Crippen LogP contribution in [0.2, 0.25) is 0 Å². The first-order chi connectivity index (χ1) is 17.9. The minimum atomic E-state index is -1.12. The van der Waals surface area contributed by atoms with Crippen molar-refractivity contribution in [3.05, 3.63) is 33.9 Å². The van der Waals surface area contributed by atoms with Crippen LogP contribution in [0.4, 0.5) is 10.2 Å². The normalized spacial score (nSPS) is 19.7. The smallest absolute Gasteiger partial charge is 0.344 e. The minimum Gasteiger partial charge on any atom is -0.481 e. The molecule has 2 unspecified atom stereocenters. The van der Waals surface area contributed by atoms with Gasteiger partial charge >= 0.3 is 11.9 Å². The third-order valence-corrected chi connectivity index (χ3v) is 6.58. The highest BCUT2D eigenvalue weighted by Crippen LogP contribution is 2.37. The van der Waals surface area contributed by atoms with Gasteiger partial charge in [0.2, 0.25) is 5.43 Å². The van der Waals surface area contributed by atoms with E-state index in [1.165, 1.54) is 13.3 Å². The lowest BCUT2D eigenvalue weighted by atomic mass is 10.1. The van der Waals surface area contributed by atoms with Crippen LogP contribution in [0.25, 0.3) is 11.0 Å². The van der Waals surface area contributed by atoms with Crippen LogP contribution in [0.1, 0.15) is 35.7 Å². The number of esters is 1. The number of carboxylic acids is 1. The minimum absolute atomic E-state index is 0.00231. The molecule has 13 heteroatoms. The van der Waals surface area contributed by atoms with Crippen LogP contribution >= 0.6 is 0 Å². The molecule has 1 saturated carbocycles. The van der Waals surface area contributed by atoms with Crippen LogP contribution in [0.15, 0.2) is 22.2 Å². The second-order valence-electron chi connectivity index (χ2n) is 10.9. The van der Waals surface area contributed by atoms with Gasteiger partial charge in [0.15, 0.2) is 17.7 Å². The van der Waals surface area contributed by atoms with Crippen molar-refractivity contribution in [2.75, 3.05) is 59.3 Å². The molecule has 0 aromatic carbocycles. The first kappa shape index (κ1) is 27.5. The van der Waals surface area contributed by atoms with Crippen molar-refractivity contribution in [1.29, 1.82) is 0 Å². The average molecular weight is 534 g/mol. The number of aliphatic carboxylic acids is 1. The molecule has 1 aliphatic carbocycles. The number of aromatic nitrogens is 2. The van der Waals surface area contributed by atoms with Gasteiger partial charge in [-0.3, -0.25) is 9.59 Å². The predicted octanol–water partition coefficient (Wildman–Crippen LogP) is 0.974. The molecule has 0 amide bonds. The van der Waals surface area contributed by atoms with Gasteiger partial charge in [-0.1, -0.05) is 5.16 Å². The first-order valence-electron chi connectivity index (χ1n) is 12.4. The van der Waals surface area contributed by atoms with E-state index < -0.39 is 35.7 Å². The molecule has 2 aliphatic rings. The number of pyridine rings is 2. The van der Waals surface area contributed by atoms with Gasteiger partial charge in [0, 0.05) is 31.2 Å². The molecule has 2 fully saturated rings. The van der Waals surface area contributed by atoms with Crippen molar-refractivity contribution in [2.24, 2.45) is 16.8 Å². The molecule has 0 bridgehead atoms. The van der Waals surface area contributed by atoms with E-state index in [2.05, 4.69) is 10.1 Å². The third-order valence-electron chi connectivity index (χ3n) is 6.58. The summed E-state index contributed by atoms with van der Waals surface area (Å²) < 4.78 is 22.9. The predicted molar refractivity (Wildman–Crippen MR) is 138 cm³/mol. The molecule has 0 spiro atoms. The number of ether oxygens (including phenoxy) is 1. The number of carboxylic acid groups (broad SMARTS) is 1. The summed E-state index contributed by atoms with van der Waals surface area (Å²) in [6.45, 7) is 1.21. The van der Waals surface area contributed by atoms with E-state index in [0.717, 1.165) is 18.9 Å². The SMILES string of the molecule is CO/N=C1\CN(c2nc3c(cc2F)c(=O)c(C(=O)OC(CC(=O)O)C[N+](C)(C)C)cn3C2CC2)CC1CN. The van der Waals surface area contributed by atoms with E-state index in [1.807, 2.05) is 21.1 Å². The monoisotopic (exact) mass is 533 g/mol. The Hall–Kier alpha value is -3.58. The second-order valence-corrected chi connectivity index (χ2v) is 10.9. The number of nitrogens with zero attached hydrogens (tertiary/aromatic N) is 5. The standard InChI is InChI=1S/C25H33FN6O6/c1-32(2,3)13-16(7-21(33)34)38-25(36)18-11-31(15-5-6-15)23-17(22(18)35)8-19(26)24(28-23)30-10-14(9-27)20(12-30)29-37-4/h8,11,14-16H,5-7,9-10,12-13,27H2,1-4H3/p+1/b29-20+. The Labute approximate surface area is 219 Å². The fourth-order valence-electron chi connectivity index (χ4n) is 4.75. The van der Waals surface area contributed by atoms with E-state index in [-0.39, 0.29) is 47.5 Å². The number of oxime groups is 1. The molecule has 12 nitrogen and oxygen atoms in total. The van der Waals surface area contributed by atoms with Gasteiger partial charge < -0.3 is 34.4 Å². The molecule has 3 heterocycles. The Kier molecular flexibility index (Phi) is 7.70. The van der Waals surface area contributed by atoms with Gasteiger partial charge in [-0.25, -0.2) is 14.2 Å². The zero-order chi connectivity index (χ0) is 27.8. The molecule has 2 atom stereocenters. The molecule has 3 N–H and O–H groups in total. The van der Waals surface area contributed by atoms with Crippen LogP contribution in [0.5, 0.6) is 0 Å². The van der Waals surface area contributed by atoms with Gasteiger partial charge in [0.25, 0.3) is 0 Å². The summed E-state index contributed by atoms with van der Waals surface area (Å²) in [5, 5.41) is 13.2. The van der Waals surface area contributed by atoms with Crippen molar-refractivity contribution < 1.29 is 33.1 Å². The summed E-state index contributed by atoms with van der Waals surface area (Å²) >= 11 is 0. The molecule has 2 aromatic heterocycles. The number of nitrogens with two attached hydrogens (primary N) is 1. The maximum absolute atomic E-state index is 15.4. The van der Waals surface area contributed by atoms with Gasteiger partial charge in [-0.2, -0.15) is 0 Å². The molecule has 0 radical (unpaired) electrons. The van der Waals surface area contributed by atoms with Crippen LogP contribution in [-0.2, 0) is 14.4 Å². The van der Waals surface area contributed by atoms with E-state index in [0.29, 0.717) is 23.3 Å². The van der Waals surface area contributed by atoms with E-state index >= 15 is 4.39 Å². The first-order valence-corrected chi connectivity index (χ1v) is 12.4. The molecule has 206 valence electrons. The van der Waals surface area contributed by atoms with Crippen molar-refractivity contribution in [3.8, 4) is 0 Å². The fourth-order valence-corrected chi connectivity index (χ4v) is 4.75. The number of halogens is 1. The molecule has 1 aliphatic heterocycles. The summed E-state index contributed by atoms with van der Waals surface area (Å²) in [6, 6.07) is 1.09. The highest BCUT2D eigenvalue weighted by atomic mass is 19.1. The number of rotatable bonds is 10. The van der Waals surface area contributed by atoms with E-state index in [9.17, 15) is 19.5 Å². The Bertz CT molecular complexity index is 1330. The molecule has 2 aromatic rings. The maximum atomic E-state index is 15.4. The van der Waals surface area contributed by atoms with E-state index in [1.54, 1.807) is 9.47 Å². The Morgan fingerprint density at radius 2 is 2.05 bits per heavy atom. The van der Waals surface area contributed by atoms with E-state index in [4.69, 9.17) is 15.3 Å². The third kappa shape index (κ3) is 5.94. The van der Waals surface area contributed by atoms with Gasteiger partial charge in [0.05, 0.1) is 45.2 Å². The van der Waals surface area contributed by atoms with Crippen LogP contribution in [0.3, 0.4) is 0 Å².